The van der Waals surface area contributed by atoms with Crippen LogP contribution in [-0.4, -0.2) is 45.9 Å². The van der Waals surface area contributed by atoms with Crippen molar-refractivity contribution in [2.24, 2.45) is 0 Å². The van der Waals surface area contributed by atoms with Crippen molar-refractivity contribution in [2.75, 3.05) is 13.1 Å². The van der Waals surface area contributed by atoms with E-state index in [1.165, 1.54) is 45.1 Å². The Morgan fingerprint density at radius 2 is 0.860 bits per heavy atom. The van der Waals surface area contributed by atoms with Crippen molar-refractivity contribution >= 4 is 35.0 Å². The minimum Gasteiger partial charge on any atom is -0.491 e. The Hall–Kier alpha value is -4.70. The van der Waals surface area contributed by atoms with E-state index in [0.29, 0.717) is 0 Å². The highest BCUT2D eigenvalue weighted by molar-refractivity contribution is 6.06. The molecule has 4 aromatic carbocycles. The lowest BCUT2D eigenvalue weighted by Crippen LogP contribution is -2.28. The lowest BCUT2D eigenvalue weighted by Gasteiger charge is -2.15. The first-order valence-electron chi connectivity index (χ1n) is 18.3. The highest BCUT2D eigenvalue weighted by Gasteiger charge is 2.45. The predicted molar refractivity (Wildman–Crippen MR) is 210 cm³/mol. The van der Waals surface area contributed by atoms with E-state index in [-0.39, 0.29) is 23.0 Å². The van der Waals surface area contributed by atoms with Gasteiger partial charge in [-0.15, -0.1) is 0 Å². The number of ether oxygens (including phenoxy) is 2. The molecule has 0 saturated heterocycles. The molecule has 0 atom stereocenters. The van der Waals surface area contributed by atoms with Crippen LogP contribution < -0.4 is 9.47 Å². The van der Waals surface area contributed by atoms with Gasteiger partial charge in [-0.25, -0.2) is 0 Å². The van der Waals surface area contributed by atoms with E-state index in [9.17, 15) is 0 Å². The lowest BCUT2D eigenvalue weighted by molar-refractivity contribution is -0.451. The van der Waals surface area contributed by atoms with Crippen molar-refractivity contribution in [2.45, 2.75) is 91.3 Å². The zero-order valence-electron chi connectivity index (χ0n) is 31.2. The second-order valence-electron chi connectivity index (χ2n) is 15.2. The van der Waals surface area contributed by atoms with Gasteiger partial charge in [-0.05, 0) is 103 Å². The molecule has 0 bridgehead atoms. The van der Waals surface area contributed by atoms with Gasteiger partial charge in [-0.2, -0.15) is 9.15 Å². The summed E-state index contributed by atoms with van der Waals surface area (Å²) in [4.78, 5) is 0. The Balaban J connectivity index is 1.23. The number of nitrogens with zero attached hydrogens (tertiary/aromatic N) is 2. The normalized spacial score (nSPS) is 16.3. The lowest BCUT2D eigenvalue weighted by atomic mass is 9.81. The van der Waals surface area contributed by atoms with Gasteiger partial charge in [0.25, 0.3) is 0 Å². The van der Waals surface area contributed by atoms with Gasteiger partial charge in [-0.3, -0.25) is 0 Å². The maximum atomic E-state index is 5.87. The number of rotatable bonds is 13. The predicted octanol–water partition coefficient (Wildman–Crippen LogP) is 10.9. The smallest absolute Gasteiger partial charge is 0.209 e. The third kappa shape index (κ3) is 7.40. The number of benzene rings is 4. The fourth-order valence-electron chi connectivity index (χ4n) is 7.51. The van der Waals surface area contributed by atoms with Gasteiger partial charge in [-0.1, -0.05) is 60.7 Å². The largest absolute Gasteiger partial charge is 0.491 e. The molecular weight excluding hydrogens is 613 g/mol. The quantitative estimate of drug-likeness (QED) is 0.105. The Morgan fingerprint density at radius 1 is 0.500 bits per heavy atom. The second-order valence-corrected chi connectivity index (χ2v) is 15.2. The first kappa shape index (κ1) is 35.1. The van der Waals surface area contributed by atoms with E-state index in [1.807, 2.05) is 0 Å². The van der Waals surface area contributed by atoms with Crippen LogP contribution >= 0.6 is 0 Å². The van der Waals surface area contributed by atoms with E-state index in [4.69, 9.17) is 9.47 Å². The Bertz CT molecular complexity index is 1790. The molecule has 50 heavy (non-hydrogen) atoms. The van der Waals surface area contributed by atoms with Crippen LogP contribution in [0.1, 0.15) is 90.5 Å². The summed E-state index contributed by atoms with van der Waals surface area (Å²) in [5.74, 6) is 1.82. The third-order valence-electron chi connectivity index (χ3n) is 9.98. The molecule has 0 unspecified atom stereocenters. The van der Waals surface area contributed by atoms with E-state index < -0.39 is 0 Å². The minimum atomic E-state index is -0.0867. The molecule has 0 saturated carbocycles. The summed E-state index contributed by atoms with van der Waals surface area (Å²) in [6.45, 7) is 19.6. The molecule has 0 fully saturated rings. The van der Waals surface area contributed by atoms with E-state index in [2.05, 4.69) is 186 Å². The molecule has 0 amide bonds. The molecule has 4 heteroatoms. The minimum absolute atomic E-state index is 0.0867. The average molecular weight is 667 g/mol. The average Bonchev–Trinajstić information content (AvgIpc) is 3.43. The third-order valence-corrected chi connectivity index (χ3v) is 9.98. The fraction of sp³-hybridized carbons (Fsp3) is 0.348. The van der Waals surface area contributed by atoms with Crippen molar-refractivity contribution in [3.05, 3.63) is 131 Å². The van der Waals surface area contributed by atoms with Gasteiger partial charge < -0.3 is 9.47 Å². The topological polar surface area (TPSA) is 24.5 Å². The van der Waals surface area contributed by atoms with Gasteiger partial charge in [0.2, 0.25) is 11.4 Å². The number of unbranched alkanes of at least 4 members (excludes halogenated alkanes) is 1. The van der Waals surface area contributed by atoms with Crippen LogP contribution in [0.3, 0.4) is 0 Å². The summed E-state index contributed by atoms with van der Waals surface area (Å²) < 4.78 is 16.8. The highest BCUT2D eigenvalue weighted by atomic mass is 16.5. The summed E-state index contributed by atoms with van der Waals surface area (Å²) >= 11 is 0. The Labute approximate surface area is 300 Å². The van der Waals surface area contributed by atoms with E-state index >= 15 is 0 Å². The van der Waals surface area contributed by atoms with Gasteiger partial charge in [0, 0.05) is 48.3 Å². The summed E-state index contributed by atoms with van der Waals surface area (Å²) in [5.41, 5.74) is 10.3. The second kappa shape index (κ2) is 14.6. The maximum Gasteiger partial charge on any atom is 0.209 e. The zero-order valence-corrected chi connectivity index (χ0v) is 31.2. The van der Waals surface area contributed by atoms with Crippen LogP contribution in [-0.2, 0) is 10.8 Å². The summed E-state index contributed by atoms with van der Waals surface area (Å²) in [7, 11) is 0. The molecule has 0 spiro atoms. The molecule has 2 aliphatic rings. The van der Waals surface area contributed by atoms with Crippen molar-refractivity contribution < 1.29 is 18.6 Å². The zero-order chi connectivity index (χ0) is 35.5. The molecule has 2 heterocycles. The van der Waals surface area contributed by atoms with Crippen molar-refractivity contribution in [1.29, 1.82) is 0 Å². The summed E-state index contributed by atoms with van der Waals surface area (Å²) in [5, 5.41) is 0. The molecule has 6 rings (SSSR count). The number of fused-ring (bicyclic) bond motifs is 2. The van der Waals surface area contributed by atoms with Gasteiger partial charge in [0.15, 0.2) is 11.4 Å². The summed E-state index contributed by atoms with van der Waals surface area (Å²) in [6.07, 6.45) is 11.6. The molecule has 0 aromatic heterocycles. The van der Waals surface area contributed by atoms with Crippen molar-refractivity contribution in [1.82, 2.24) is 0 Å². The van der Waals surface area contributed by atoms with Gasteiger partial charge in [0.05, 0.1) is 23.0 Å². The van der Waals surface area contributed by atoms with E-state index in [0.717, 1.165) is 37.4 Å². The van der Waals surface area contributed by atoms with Crippen molar-refractivity contribution in [3.63, 3.8) is 0 Å². The van der Waals surface area contributed by atoms with Crippen LogP contribution in [0, 0.1) is 0 Å². The van der Waals surface area contributed by atoms with Gasteiger partial charge >= 0.3 is 0 Å². The van der Waals surface area contributed by atoms with E-state index in [1.54, 1.807) is 0 Å². The first-order valence-corrected chi connectivity index (χ1v) is 18.3. The van der Waals surface area contributed by atoms with Gasteiger partial charge in [0.1, 0.15) is 24.6 Å². The number of hydrogen-bond acceptors (Lipinski definition) is 2. The molecular formula is C46H54N2O2+2. The van der Waals surface area contributed by atoms with Crippen LogP contribution in [0.5, 0.6) is 11.5 Å². The molecule has 0 aliphatic carbocycles. The molecule has 4 nitrogen and oxygen atoms in total. The fourth-order valence-corrected chi connectivity index (χ4v) is 7.51. The van der Waals surface area contributed by atoms with Crippen LogP contribution in [0.25, 0.3) is 12.2 Å². The highest BCUT2D eigenvalue weighted by Crippen LogP contribution is 2.41. The molecule has 4 aromatic rings. The monoisotopic (exact) mass is 666 g/mol. The van der Waals surface area contributed by atoms with Crippen LogP contribution in [0.15, 0.2) is 109 Å². The molecule has 2 aliphatic heterocycles. The Kier molecular flexibility index (Phi) is 10.3. The number of hydrogen-bond donors (Lipinski definition) is 0. The van der Waals surface area contributed by atoms with Crippen molar-refractivity contribution in [3.8, 4) is 11.5 Å². The number of allylic oxidation sites excluding steroid dienone is 2. The maximum absolute atomic E-state index is 5.87. The molecule has 258 valence electrons. The first-order chi connectivity index (χ1) is 23.9. The van der Waals surface area contributed by atoms with Crippen LogP contribution in [0.4, 0.5) is 11.4 Å². The number of para-hydroxylation sites is 2. The molecule has 0 radical (unpaired) electrons. The standard InChI is InChI=1S/C46H54N2O2/c1-33(2)49-37-25-19-35(20-26-37)23-29-43-45(5,6)39-15-9-11-17-41(39)47(43)31-13-14-32-48-42-18-12-10-16-40(42)46(7,8)44(48)30-24-36-21-27-38(28-22-36)50-34(3)4/h9-12,15-30,33-34H,13-14,31-32H2,1-8H3/q+2/b29-23+,30-24+. The Morgan fingerprint density at radius 3 is 1.22 bits per heavy atom. The van der Waals surface area contributed by atoms with Crippen LogP contribution in [0.2, 0.25) is 0 Å². The summed E-state index contributed by atoms with van der Waals surface area (Å²) in [6, 6.07) is 34.7. The SMILES string of the molecule is CC(C)Oc1ccc(/C=C/C2=[N+](CCCC[N+]3=C(/C=C/c4ccc(OC(C)C)cc4)C(C)(C)c4ccccc43)c3ccccc3C2(C)C)cc1. The molecule has 0 N–H and O–H groups in total.